The van der Waals surface area contributed by atoms with Gasteiger partial charge >= 0.3 is 12.3 Å². The third-order valence-electron chi connectivity index (χ3n) is 2.39. The molecule has 1 aromatic rings. The number of carbonyl (C=O) groups is 1. The van der Waals surface area contributed by atoms with E-state index in [0.717, 1.165) is 0 Å². The van der Waals surface area contributed by atoms with E-state index in [4.69, 9.17) is 4.74 Å². The number of halogens is 3. The van der Waals surface area contributed by atoms with Gasteiger partial charge in [0.05, 0.1) is 13.0 Å². The van der Waals surface area contributed by atoms with Crippen LogP contribution in [0.4, 0.5) is 13.2 Å². The number of hydrogen-bond donors (Lipinski definition) is 0. The van der Waals surface area contributed by atoms with Crippen molar-refractivity contribution < 1.29 is 27.4 Å². The van der Waals surface area contributed by atoms with E-state index in [1.54, 1.807) is 19.9 Å². The van der Waals surface area contributed by atoms with Crippen LogP contribution in [0.25, 0.3) is 0 Å². The third kappa shape index (κ3) is 5.19. The summed E-state index contributed by atoms with van der Waals surface area (Å²) in [6.45, 7) is 3.62. The van der Waals surface area contributed by atoms with Gasteiger partial charge < -0.3 is 9.47 Å². The maximum Gasteiger partial charge on any atom is 0.573 e. The minimum absolute atomic E-state index is 0.0773. The first-order valence-corrected chi connectivity index (χ1v) is 5.89. The maximum atomic E-state index is 12.3. The normalized spacial score (nSPS) is 11.2. The maximum absolute atomic E-state index is 12.3. The van der Waals surface area contributed by atoms with Crippen molar-refractivity contribution in [3.63, 3.8) is 0 Å². The predicted octanol–water partition coefficient (Wildman–Crippen LogP) is 3.25. The van der Waals surface area contributed by atoms with Crippen LogP contribution in [0.3, 0.4) is 0 Å². The van der Waals surface area contributed by atoms with Crippen molar-refractivity contribution >= 4 is 5.97 Å². The molecule has 0 aliphatic rings. The summed E-state index contributed by atoms with van der Waals surface area (Å²) in [5, 5.41) is 0. The van der Waals surface area contributed by atoms with Gasteiger partial charge in [-0.05, 0) is 30.5 Å². The van der Waals surface area contributed by atoms with E-state index >= 15 is 0 Å². The molecular formula is C13H15F3O3. The molecule has 0 saturated carbocycles. The van der Waals surface area contributed by atoms with Gasteiger partial charge in [0.1, 0.15) is 5.75 Å². The van der Waals surface area contributed by atoms with E-state index in [1.807, 2.05) is 0 Å². The minimum Gasteiger partial charge on any atom is -0.466 e. The fourth-order valence-corrected chi connectivity index (χ4v) is 1.60. The van der Waals surface area contributed by atoms with Crippen molar-refractivity contribution in [2.45, 2.75) is 33.1 Å². The zero-order valence-corrected chi connectivity index (χ0v) is 10.7. The van der Waals surface area contributed by atoms with Crippen molar-refractivity contribution in [2.24, 2.45) is 0 Å². The van der Waals surface area contributed by atoms with E-state index in [2.05, 4.69) is 4.74 Å². The number of hydrogen-bond acceptors (Lipinski definition) is 3. The van der Waals surface area contributed by atoms with E-state index < -0.39 is 12.3 Å². The summed E-state index contributed by atoms with van der Waals surface area (Å²) in [7, 11) is 0. The van der Waals surface area contributed by atoms with Gasteiger partial charge in [0.2, 0.25) is 0 Å². The monoisotopic (exact) mass is 276 g/mol. The Bertz CT molecular complexity index is 441. The lowest BCUT2D eigenvalue weighted by molar-refractivity contribution is -0.274. The first-order chi connectivity index (χ1) is 8.85. The van der Waals surface area contributed by atoms with Crippen molar-refractivity contribution in [2.75, 3.05) is 6.61 Å². The number of ether oxygens (including phenoxy) is 2. The highest BCUT2D eigenvalue weighted by Gasteiger charge is 2.32. The number of aryl methyl sites for hydroxylation is 1. The molecule has 1 rings (SSSR count). The molecule has 6 heteroatoms. The molecule has 0 spiro atoms. The molecule has 0 aromatic heterocycles. The van der Waals surface area contributed by atoms with Gasteiger partial charge in [0.15, 0.2) is 0 Å². The molecular weight excluding hydrogens is 261 g/mol. The second-order valence-electron chi connectivity index (χ2n) is 3.83. The second kappa shape index (κ2) is 6.45. The molecule has 0 bridgehead atoms. The van der Waals surface area contributed by atoms with Crippen molar-refractivity contribution in [1.82, 2.24) is 0 Å². The highest BCUT2D eigenvalue weighted by Crippen LogP contribution is 2.28. The van der Waals surface area contributed by atoms with Crippen LogP contribution in [0.2, 0.25) is 0 Å². The Morgan fingerprint density at radius 3 is 2.47 bits per heavy atom. The van der Waals surface area contributed by atoms with Crippen LogP contribution in [-0.4, -0.2) is 18.9 Å². The number of esters is 1. The fourth-order valence-electron chi connectivity index (χ4n) is 1.60. The molecule has 0 saturated heterocycles. The second-order valence-corrected chi connectivity index (χ2v) is 3.83. The van der Waals surface area contributed by atoms with Crippen LogP contribution in [-0.2, 0) is 22.4 Å². The smallest absolute Gasteiger partial charge is 0.466 e. The molecule has 0 radical (unpaired) electrons. The van der Waals surface area contributed by atoms with Gasteiger partial charge in [-0.1, -0.05) is 19.1 Å². The lowest BCUT2D eigenvalue weighted by Crippen LogP contribution is -2.18. The van der Waals surface area contributed by atoms with Crippen molar-refractivity contribution in [1.29, 1.82) is 0 Å². The number of rotatable bonds is 5. The number of alkyl halides is 3. The summed E-state index contributed by atoms with van der Waals surface area (Å²) < 4.78 is 45.5. The summed E-state index contributed by atoms with van der Waals surface area (Å²) in [6.07, 6.45) is -4.41. The summed E-state index contributed by atoms with van der Waals surface area (Å²) >= 11 is 0. The van der Waals surface area contributed by atoms with Gasteiger partial charge in [-0.2, -0.15) is 0 Å². The Labute approximate surface area is 109 Å². The molecule has 0 heterocycles. The lowest BCUT2D eigenvalue weighted by atomic mass is 10.1. The Kier molecular flexibility index (Phi) is 5.20. The van der Waals surface area contributed by atoms with Crippen molar-refractivity contribution in [3.05, 3.63) is 29.3 Å². The summed E-state index contributed by atoms with van der Waals surface area (Å²) in [6, 6.07) is 4.35. The third-order valence-corrected chi connectivity index (χ3v) is 2.39. The summed E-state index contributed by atoms with van der Waals surface area (Å²) in [5.74, 6) is -0.749. The first-order valence-electron chi connectivity index (χ1n) is 5.89. The Morgan fingerprint density at radius 2 is 1.95 bits per heavy atom. The average Bonchev–Trinajstić information content (AvgIpc) is 2.27. The van der Waals surface area contributed by atoms with Crippen LogP contribution in [0, 0.1) is 0 Å². The standard InChI is InChI=1S/C13H15F3O3/c1-3-10-6-5-9(8-12(17)18-4-2)7-11(10)19-13(14,15)16/h5-7H,3-4,8H2,1-2H3. The summed E-state index contributed by atoms with van der Waals surface area (Å²) in [5.41, 5.74) is 0.861. The summed E-state index contributed by atoms with van der Waals surface area (Å²) in [4.78, 5) is 11.3. The molecule has 0 unspecified atom stereocenters. The Hall–Kier alpha value is -1.72. The van der Waals surface area contributed by atoms with E-state index in [9.17, 15) is 18.0 Å². The molecule has 19 heavy (non-hydrogen) atoms. The molecule has 0 N–H and O–H groups in total. The van der Waals surface area contributed by atoms with Gasteiger partial charge in [-0.15, -0.1) is 13.2 Å². The van der Waals surface area contributed by atoms with Crippen LogP contribution in [0.1, 0.15) is 25.0 Å². The van der Waals surface area contributed by atoms with Crippen molar-refractivity contribution in [3.8, 4) is 5.75 Å². The van der Waals surface area contributed by atoms with Gasteiger partial charge in [-0.3, -0.25) is 4.79 Å². The Morgan fingerprint density at radius 1 is 1.26 bits per heavy atom. The molecule has 0 fully saturated rings. The van der Waals surface area contributed by atoms with Crippen LogP contribution in [0.15, 0.2) is 18.2 Å². The van der Waals surface area contributed by atoms with Crippen LogP contribution < -0.4 is 4.74 Å². The fraction of sp³-hybridized carbons (Fsp3) is 0.462. The lowest BCUT2D eigenvalue weighted by Gasteiger charge is -2.13. The largest absolute Gasteiger partial charge is 0.573 e. The molecule has 1 aromatic carbocycles. The van der Waals surface area contributed by atoms with E-state index in [1.165, 1.54) is 12.1 Å². The molecule has 3 nitrogen and oxygen atoms in total. The quantitative estimate of drug-likeness (QED) is 0.774. The SMILES string of the molecule is CCOC(=O)Cc1ccc(CC)c(OC(F)(F)F)c1. The number of carbonyl (C=O) groups excluding carboxylic acids is 1. The predicted molar refractivity (Wildman–Crippen MR) is 62.8 cm³/mol. The first kappa shape index (κ1) is 15.3. The zero-order valence-electron chi connectivity index (χ0n) is 10.7. The van der Waals surface area contributed by atoms with Gasteiger partial charge in [-0.25, -0.2) is 0 Å². The molecule has 0 atom stereocenters. The topological polar surface area (TPSA) is 35.5 Å². The minimum atomic E-state index is -4.74. The average molecular weight is 276 g/mol. The molecule has 0 aliphatic heterocycles. The van der Waals surface area contributed by atoms with Gasteiger partial charge in [0, 0.05) is 0 Å². The van der Waals surface area contributed by atoms with E-state index in [0.29, 0.717) is 17.5 Å². The highest BCUT2D eigenvalue weighted by atomic mass is 19.4. The van der Waals surface area contributed by atoms with E-state index in [-0.39, 0.29) is 18.8 Å². The molecule has 0 amide bonds. The van der Waals surface area contributed by atoms with Gasteiger partial charge in [0.25, 0.3) is 0 Å². The molecule has 0 aliphatic carbocycles. The van der Waals surface area contributed by atoms with Crippen LogP contribution in [0.5, 0.6) is 5.75 Å². The molecule has 106 valence electrons. The highest BCUT2D eigenvalue weighted by molar-refractivity contribution is 5.72. The zero-order chi connectivity index (χ0) is 14.5. The van der Waals surface area contributed by atoms with Crippen LogP contribution >= 0.6 is 0 Å². The number of benzene rings is 1. The Balaban J connectivity index is 2.91.